The van der Waals surface area contributed by atoms with Crippen molar-refractivity contribution in [3.05, 3.63) is 29.8 Å². The first kappa shape index (κ1) is 19.4. The summed E-state index contributed by atoms with van der Waals surface area (Å²) in [5.74, 6) is 0.226. The van der Waals surface area contributed by atoms with Gasteiger partial charge in [0.25, 0.3) is 5.91 Å². The summed E-state index contributed by atoms with van der Waals surface area (Å²) in [4.78, 5) is 26.6. The monoisotopic (exact) mass is 345 g/mol. The van der Waals surface area contributed by atoms with Gasteiger partial charge in [0.05, 0.1) is 6.04 Å². The van der Waals surface area contributed by atoms with Crippen LogP contribution in [0.1, 0.15) is 62.7 Å². The molecular weight excluding hydrogens is 314 g/mol. The van der Waals surface area contributed by atoms with E-state index in [2.05, 4.69) is 5.32 Å². The summed E-state index contributed by atoms with van der Waals surface area (Å²) in [5, 5.41) is 2.82. The lowest BCUT2D eigenvalue weighted by Crippen LogP contribution is -2.38. The number of nitrogens with one attached hydrogen (secondary N) is 1. The quantitative estimate of drug-likeness (QED) is 0.829. The van der Waals surface area contributed by atoms with Crippen LogP contribution in [-0.2, 0) is 4.79 Å². The van der Waals surface area contributed by atoms with Crippen molar-refractivity contribution in [3.63, 3.8) is 0 Å². The molecule has 1 aromatic rings. The molecule has 0 heterocycles. The van der Waals surface area contributed by atoms with Gasteiger partial charge in [-0.2, -0.15) is 0 Å². The number of benzene rings is 1. The van der Waals surface area contributed by atoms with Gasteiger partial charge in [0.2, 0.25) is 5.91 Å². The van der Waals surface area contributed by atoms with E-state index in [1.165, 1.54) is 19.3 Å². The van der Waals surface area contributed by atoms with Crippen LogP contribution < -0.4 is 11.1 Å². The number of hydrogen-bond donors (Lipinski definition) is 2. The molecule has 25 heavy (non-hydrogen) atoms. The van der Waals surface area contributed by atoms with Crippen LogP contribution in [0.5, 0.6) is 0 Å². The molecule has 2 rings (SSSR count). The summed E-state index contributed by atoms with van der Waals surface area (Å²) >= 11 is 0. The third-order valence-corrected chi connectivity index (χ3v) is 4.90. The fourth-order valence-corrected chi connectivity index (χ4v) is 3.38. The van der Waals surface area contributed by atoms with Crippen molar-refractivity contribution in [2.75, 3.05) is 12.4 Å². The van der Waals surface area contributed by atoms with Crippen LogP contribution in [0, 0.1) is 5.92 Å². The summed E-state index contributed by atoms with van der Waals surface area (Å²) in [5.41, 5.74) is 7.21. The maximum absolute atomic E-state index is 12.6. The summed E-state index contributed by atoms with van der Waals surface area (Å²) in [6.45, 7) is 4.08. The second kappa shape index (κ2) is 8.99. The highest BCUT2D eigenvalue weighted by Gasteiger charge is 2.23. The Kier molecular flexibility index (Phi) is 7.00. The molecular formula is C20H31N3O2. The number of amides is 2. The third-order valence-electron chi connectivity index (χ3n) is 4.90. The molecule has 1 saturated carbocycles. The topological polar surface area (TPSA) is 75.4 Å². The fraction of sp³-hybridized carbons (Fsp3) is 0.600. The van der Waals surface area contributed by atoms with E-state index in [1.807, 2.05) is 25.8 Å². The van der Waals surface area contributed by atoms with Gasteiger partial charge in [-0.05, 0) is 49.4 Å². The molecule has 0 aliphatic heterocycles. The zero-order valence-electron chi connectivity index (χ0n) is 15.6. The van der Waals surface area contributed by atoms with Crippen LogP contribution in [0.15, 0.2) is 24.3 Å². The van der Waals surface area contributed by atoms with Gasteiger partial charge in [-0.25, -0.2) is 0 Å². The van der Waals surface area contributed by atoms with Gasteiger partial charge in [-0.3, -0.25) is 9.59 Å². The van der Waals surface area contributed by atoms with Crippen LogP contribution in [-0.4, -0.2) is 35.8 Å². The van der Waals surface area contributed by atoms with Crippen LogP contribution in [0.4, 0.5) is 5.69 Å². The van der Waals surface area contributed by atoms with Crippen molar-refractivity contribution in [2.24, 2.45) is 11.7 Å². The zero-order valence-corrected chi connectivity index (χ0v) is 15.6. The van der Waals surface area contributed by atoms with Crippen molar-refractivity contribution >= 4 is 17.5 Å². The first-order valence-electron chi connectivity index (χ1n) is 9.32. The molecule has 0 spiro atoms. The van der Waals surface area contributed by atoms with Gasteiger partial charge < -0.3 is 16.0 Å². The average Bonchev–Trinajstić information content (AvgIpc) is 2.61. The molecule has 1 atom stereocenters. The van der Waals surface area contributed by atoms with E-state index in [4.69, 9.17) is 5.73 Å². The van der Waals surface area contributed by atoms with Crippen molar-refractivity contribution in [3.8, 4) is 0 Å². The highest BCUT2D eigenvalue weighted by atomic mass is 16.2. The van der Waals surface area contributed by atoms with Crippen LogP contribution in [0.2, 0.25) is 0 Å². The lowest BCUT2D eigenvalue weighted by molar-refractivity contribution is -0.117. The molecule has 0 aromatic heterocycles. The Morgan fingerprint density at radius 2 is 1.76 bits per heavy atom. The minimum atomic E-state index is -0.515. The molecule has 0 bridgehead atoms. The Bertz CT molecular complexity index is 577. The molecule has 2 amide bonds. The smallest absolute Gasteiger partial charge is 0.253 e. The zero-order chi connectivity index (χ0) is 18.4. The largest absolute Gasteiger partial charge is 0.339 e. The van der Waals surface area contributed by atoms with Crippen molar-refractivity contribution in [1.82, 2.24) is 4.90 Å². The van der Waals surface area contributed by atoms with E-state index in [9.17, 15) is 9.59 Å². The average molecular weight is 345 g/mol. The summed E-state index contributed by atoms with van der Waals surface area (Å²) in [7, 11) is 1.89. The van der Waals surface area contributed by atoms with E-state index in [0.717, 1.165) is 12.8 Å². The Balaban J connectivity index is 1.94. The normalized spacial score (nSPS) is 16.5. The Labute approximate surface area is 151 Å². The summed E-state index contributed by atoms with van der Waals surface area (Å²) < 4.78 is 0. The van der Waals surface area contributed by atoms with Crippen molar-refractivity contribution in [1.29, 1.82) is 0 Å². The predicted molar refractivity (Wildman–Crippen MR) is 101 cm³/mol. The Morgan fingerprint density at radius 3 is 2.32 bits per heavy atom. The van der Waals surface area contributed by atoms with Crippen LogP contribution in [0.25, 0.3) is 0 Å². The Hall–Kier alpha value is -1.88. The lowest BCUT2D eigenvalue weighted by atomic mass is 9.94. The van der Waals surface area contributed by atoms with Gasteiger partial charge in [-0.1, -0.05) is 33.1 Å². The van der Waals surface area contributed by atoms with Gasteiger partial charge in [0, 0.05) is 24.3 Å². The molecule has 138 valence electrons. The van der Waals surface area contributed by atoms with Crippen LogP contribution >= 0.6 is 0 Å². The molecule has 5 nitrogen and oxygen atoms in total. The molecule has 1 aliphatic carbocycles. The minimum absolute atomic E-state index is 0.0429. The number of hydrogen-bond acceptors (Lipinski definition) is 3. The maximum atomic E-state index is 12.6. The van der Waals surface area contributed by atoms with E-state index in [0.29, 0.717) is 29.6 Å². The van der Waals surface area contributed by atoms with Gasteiger partial charge >= 0.3 is 0 Å². The number of rotatable bonds is 6. The number of carbonyl (C=O) groups excluding carboxylic acids is 2. The van der Waals surface area contributed by atoms with Gasteiger partial charge in [0.1, 0.15) is 0 Å². The first-order chi connectivity index (χ1) is 11.9. The van der Waals surface area contributed by atoms with E-state index >= 15 is 0 Å². The van der Waals surface area contributed by atoms with Crippen molar-refractivity contribution < 1.29 is 9.59 Å². The minimum Gasteiger partial charge on any atom is -0.339 e. The number of nitrogens with zero attached hydrogens (tertiary/aromatic N) is 1. The molecule has 3 N–H and O–H groups in total. The van der Waals surface area contributed by atoms with Gasteiger partial charge in [0.15, 0.2) is 0 Å². The molecule has 0 unspecified atom stereocenters. The molecule has 1 aliphatic rings. The lowest BCUT2D eigenvalue weighted by Gasteiger charge is -2.31. The fourth-order valence-electron chi connectivity index (χ4n) is 3.38. The SMILES string of the molecule is CC(C)C[C@H](N)C(=O)Nc1ccc(C(=O)N(C)C2CCCCC2)cc1. The Morgan fingerprint density at radius 1 is 1.16 bits per heavy atom. The number of anilines is 1. The highest BCUT2D eigenvalue weighted by Crippen LogP contribution is 2.23. The van der Waals surface area contributed by atoms with E-state index in [-0.39, 0.29) is 11.8 Å². The molecule has 1 aromatic carbocycles. The first-order valence-corrected chi connectivity index (χ1v) is 9.32. The van der Waals surface area contributed by atoms with Crippen LogP contribution in [0.3, 0.4) is 0 Å². The van der Waals surface area contributed by atoms with Gasteiger partial charge in [-0.15, -0.1) is 0 Å². The molecule has 5 heteroatoms. The van der Waals surface area contributed by atoms with Crippen molar-refractivity contribution in [2.45, 2.75) is 64.5 Å². The second-order valence-corrected chi connectivity index (χ2v) is 7.51. The highest BCUT2D eigenvalue weighted by molar-refractivity contribution is 5.97. The standard InChI is InChI=1S/C20H31N3O2/c1-14(2)13-18(21)19(24)22-16-11-9-15(10-12-16)20(25)23(3)17-7-5-4-6-8-17/h9-12,14,17-18H,4-8,13,21H2,1-3H3,(H,22,24)/t18-/m0/s1. The summed E-state index contributed by atoms with van der Waals surface area (Å²) in [6, 6.07) is 6.90. The third kappa shape index (κ3) is 5.56. The molecule has 1 fully saturated rings. The number of nitrogens with two attached hydrogens (primary N) is 1. The number of carbonyl (C=O) groups is 2. The predicted octanol–water partition coefficient (Wildman–Crippen LogP) is 3.40. The maximum Gasteiger partial charge on any atom is 0.253 e. The van der Waals surface area contributed by atoms with E-state index in [1.54, 1.807) is 24.3 Å². The molecule has 0 saturated heterocycles. The molecule has 0 radical (unpaired) electrons. The van der Waals surface area contributed by atoms with E-state index < -0.39 is 6.04 Å². The second-order valence-electron chi connectivity index (χ2n) is 7.51. The summed E-state index contributed by atoms with van der Waals surface area (Å²) in [6.07, 6.45) is 6.49.